The molecule has 8 heteroatoms. The summed E-state index contributed by atoms with van der Waals surface area (Å²) in [6, 6.07) is 0. The molecular formula is C28H60NO6P. The largest absolute Gasteiger partial charge is 0.480 e. The summed E-state index contributed by atoms with van der Waals surface area (Å²) >= 11 is 0. The van der Waals surface area contributed by atoms with Crippen molar-refractivity contribution < 1.29 is 28.8 Å². The zero-order valence-electron chi connectivity index (χ0n) is 23.5. The van der Waals surface area contributed by atoms with Gasteiger partial charge in [-0.25, -0.2) is 4.57 Å². The molecule has 0 aliphatic heterocycles. The number of hydrogen-bond acceptors (Lipinski definition) is 4. The van der Waals surface area contributed by atoms with Crippen molar-refractivity contribution in [2.24, 2.45) is 5.73 Å². The highest BCUT2D eigenvalue weighted by Gasteiger charge is 2.12. The van der Waals surface area contributed by atoms with E-state index >= 15 is 0 Å². The Balaban J connectivity index is 0. The average Bonchev–Trinajstić information content (AvgIpc) is 2.83. The van der Waals surface area contributed by atoms with E-state index in [9.17, 15) is 9.36 Å². The van der Waals surface area contributed by atoms with E-state index in [2.05, 4.69) is 17.2 Å². The van der Waals surface area contributed by atoms with Crippen LogP contribution in [0.3, 0.4) is 0 Å². The molecule has 0 unspecified atom stereocenters. The minimum absolute atomic E-state index is 0.170. The van der Waals surface area contributed by atoms with Gasteiger partial charge in [0, 0.05) is 0 Å². The molecule has 0 aromatic heterocycles. The number of unbranched alkanes of at least 4 members (excludes halogenated alkanes) is 23. The maximum Gasteiger partial charge on any atom is 0.469 e. The van der Waals surface area contributed by atoms with Gasteiger partial charge in [0.15, 0.2) is 0 Å². The number of phosphoric acid groups is 1. The summed E-state index contributed by atoms with van der Waals surface area (Å²) in [6.07, 6.45) is 32.5. The third kappa shape index (κ3) is 40.7. The maximum absolute atomic E-state index is 10.5. The molecule has 218 valence electrons. The number of carbonyl (C=O) groups is 1. The van der Waals surface area contributed by atoms with Crippen LogP contribution in [0.2, 0.25) is 0 Å². The standard InChI is InChI=1S/C26H55O4P.C2H5NO2/c1-2-3-4-5-6-7-8-9-10-11-12-13-14-15-16-17-18-19-20-21-22-23-24-25-26-30-31(27,28)29;3-1-2(4)5/h2-26H2,1H3,(H2,27,28,29);1,3H2,(H,4,5). The first-order valence-corrected chi connectivity index (χ1v) is 16.5. The van der Waals surface area contributed by atoms with E-state index in [0.29, 0.717) is 0 Å². The Morgan fingerprint density at radius 3 is 1.00 bits per heavy atom. The lowest BCUT2D eigenvalue weighted by Gasteiger charge is -2.05. The molecule has 0 heterocycles. The highest BCUT2D eigenvalue weighted by atomic mass is 31.2. The smallest absolute Gasteiger partial charge is 0.469 e. The summed E-state index contributed by atoms with van der Waals surface area (Å²) in [5.41, 5.74) is 4.57. The number of aliphatic carboxylic acids is 1. The number of hydrogen-bond donors (Lipinski definition) is 4. The zero-order chi connectivity index (χ0) is 27.2. The quantitative estimate of drug-likeness (QED) is 0.0610. The van der Waals surface area contributed by atoms with Gasteiger partial charge in [0.05, 0.1) is 13.2 Å². The molecule has 0 amide bonds. The summed E-state index contributed by atoms with van der Waals surface area (Å²) in [7, 11) is -4.26. The lowest BCUT2D eigenvalue weighted by Crippen LogP contribution is -2.10. The first-order valence-electron chi connectivity index (χ1n) is 15.0. The molecule has 0 saturated carbocycles. The molecule has 7 nitrogen and oxygen atoms in total. The molecule has 0 aromatic rings. The molecule has 0 spiro atoms. The van der Waals surface area contributed by atoms with E-state index in [0.717, 1.165) is 19.3 Å². The second kappa shape index (κ2) is 30.8. The second-order valence-electron chi connectivity index (χ2n) is 10.1. The summed E-state index contributed by atoms with van der Waals surface area (Å²) in [6.45, 7) is 2.18. The van der Waals surface area contributed by atoms with Crippen LogP contribution in [0.1, 0.15) is 161 Å². The van der Waals surface area contributed by atoms with Gasteiger partial charge in [-0.3, -0.25) is 9.32 Å². The number of rotatable bonds is 27. The van der Waals surface area contributed by atoms with Crippen LogP contribution in [0.4, 0.5) is 0 Å². The fourth-order valence-electron chi connectivity index (χ4n) is 4.25. The molecule has 0 rings (SSSR count). The molecular weight excluding hydrogens is 477 g/mol. The maximum atomic E-state index is 10.5. The molecule has 0 radical (unpaired) electrons. The first kappa shape index (κ1) is 37.7. The molecule has 0 aliphatic rings. The lowest BCUT2D eigenvalue weighted by atomic mass is 10.0. The van der Waals surface area contributed by atoms with E-state index in [1.54, 1.807) is 0 Å². The highest BCUT2D eigenvalue weighted by molar-refractivity contribution is 7.46. The average molecular weight is 538 g/mol. The minimum atomic E-state index is -4.26. The Bertz CT molecular complexity index is 487. The Hall–Kier alpha value is -0.460. The van der Waals surface area contributed by atoms with Gasteiger partial charge in [-0.15, -0.1) is 0 Å². The van der Waals surface area contributed by atoms with Gasteiger partial charge in [0.1, 0.15) is 0 Å². The molecule has 0 saturated heterocycles. The molecule has 0 aromatic carbocycles. The van der Waals surface area contributed by atoms with Gasteiger partial charge in [0.25, 0.3) is 0 Å². The molecule has 0 fully saturated rings. The third-order valence-corrected chi connectivity index (χ3v) is 6.95. The van der Waals surface area contributed by atoms with E-state index in [1.807, 2.05) is 0 Å². The van der Waals surface area contributed by atoms with Crippen molar-refractivity contribution in [1.29, 1.82) is 0 Å². The Labute approximate surface area is 222 Å². The topological polar surface area (TPSA) is 130 Å². The van der Waals surface area contributed by atoms with Crippen molar-refractivity contribution in [3.8, 4) is 0 Å². The van der Waals surface area contributed by atoms with Crippen LogP contribution in [-0.2, 0) is 13.9 Å². The molecule has 0 aliphatic carbocycles. The summed E-state index contributed by atoms with van der Waals surface area (Å²) in [5, 5.41) is 7.60. The first-order chi connectivity index (χ1) is 17.3. The van der Waals surface area contributed by atoms with Crippen molar-refractivity contribution in [2.45, 2.75) is 161 Å². The van der Waals surface area contributed by atoms with E-state index < -0.39 is 13.8 Å². The molecule has 36 heavy (non-hydrogen) atoms. The van der Waals surface area contributed by atoms with Crippen LogP contribution < -0.4 is 5.73 Å². The lowest BCUT2D eigenvalue weighted by molar-refractivity contribution is -0.135. The van der Waals surface area contributed by atoms with E-state index in [1.165, 1.54) is 135 Å². The number of nitrogens with two attached hydrogens (primary N) is 1. The zero-order valence-corrected chi connectivity index (χ0v) is 24.4. The van der Waals surface area contributed by atoms with Gasteiger partial charge < -0.3 is 20.6 Å². The SMILES string of the molecule is CCCCCCCCCCCCCCCCCCCCCCCCCCOP(=O)(O)O.NCC(=O)O. The number of carboxylic acids is 1. The second-order valence-corrected chi connectivity index (χ2v) is 11.3. The van der Waals surface area contributed by atoms with Gasteiger partial charge in [0.2, 0.25) is 0 Å². The highest BCUT2D eigenvalue weighted by Crippen LogP contribution is 2.35. The van der Waals surface area contributed by atoms with Crippen molar-refractivity contribution in [1.82, 2.24) is 0 Å². The Morgan fingerprint density at radius 1 is 0.583 bits per heavy atom. The van der Waals surface area contributed by atoms with Crippen LogP contribution in [0.25, 0.3) is 0 Å². The van der Waals surface area contributed by atoms with Crippen LogP contribution in [0.5, 0.6) is 0 Å². The van der Waals surface area contributed by atoms with Gasteiger partial charge in [-0.05, 0) is 6.42 Å². The van der Waals surface area contributed by atoms with Gasteiger partial charge in [-0.2, -0.15) is 0 Å². The number of carboxylic acid groups (broad SMARTS) is 1. The summed E-state index contributed by atoms with van der Waals surface area (Å²) < 4.78 is 15.0. The molecule has 0 bridgehead atoms. The fraction of sp³-hybridized carbons (Fsp3) is 0.964. The van der Waals surface area contributed by atoms with E-state index in [-0.39, 0.29) is 13.2 Å². The van der Waals surface area contributed by atoms with Crippen LogP contribution >= 0.6 is 7.82 Å². The van der Waals surface area contributed by atoms with Gasteiger partial charge >= 0.3 is 13.8 Å². The molecule has 5 N–H and O–H groups in total. The van der Waals surface area contributed by atoms with Crippen LogP contribution in [0.15, 0.2) is 0 Å². The summed E-state index contributed by atoms with van der Waals surface area (Å²) in [4.78, 5) is 26.4. The normalized spacial score (nSPS) is 11.3. The van der Waals surface area contributed by atoms with Crippen molar-refractivity contribution in [3.05, 3.63) is 0 Å². The third-order valence-electron chi connectivity index (χ3n) is 6.43. The van der Waals surface area contributed by atoms with Crippen molar-refractivity contribution in [3.63, 3.8) is 0 Å². The monoisotopic (exact) mass is 537 g/mol. The van der Waals surface area contributed by atoms with Crippen LogP contribution in [-0.4, -0.2) is 34.0 Å². The van der Waals surface area contributed by atoms with E-state index in [4.69, 9.17) is 14.9 Å². The van der Waals surface area contributed by atoms with Gasteiger partial charge in [-0.1, -0.05) is 155 Å². The van der Waals surface area contributed by atoms with Crippen molar-refractivity contribution >= 4 is 13.8 Å². The van der Waals surface area contributed by atoms with Crippen LogP contribution in [0, 0.1) is 0 Å². The minimum Gasteiger partial charge on any atom is -0.480 e. The predicted molar refractivity (Wildman–Crippen MR) is 151 cm³/mol. The number of phosphoric ester groups is 1. The molecule has 0 atom stereocenters. The Kier molecular flexibility index (Phi) is 32.2. The van der Waals surface area contributed by atoms with Crippen molar-refractivity contribution in [2.75, 3.05) is 13.2 Å². The summed E-state index contributed by atoms with van der Waals surface area (Å²) in [5.74, 6) is -0.968. The fourth-order valence-corrected chi connectivity index (χ4v) is 4.61. The Morgan fingerprint density at radius 2 is 0.806 bits per heavy atom. The predicted octanol–water partition coefficient (Wildman–Crippen LogP) is 8.51.